The van der Waals surface area contributed by atoms with Gasteiger partial charge < -0.3 is 15.4 Å². The number of carbonyl (C=O) groups is 1. The van der Waals surface area contributed by atoms with Gasteiger partial charge in [-0.3, -0.25) is 0 Å². The van der Waals surface area contributed by atoms with Crippen molar-refractivity contribution < 1.29 is 9.53 Å². The molecule has 1 heterocycles. The molecule has 0 spiro atoms. The largest absolute Gasteiger partial charge is 0.465 e. The van der Waals surface area contributed by atoms with Gasteiger partial charge >= 0.3 is 5.97 Å². The number of anilines is 2. The highest BCUT2D eigenvalue weighted by Gasteiger charge is 2.18. The summed E-state index contributed by atoms with van der Waals surface area (Å²) in [6.45, 7) is 4.08. The predicted molar refractivity (Wildman–Crippen MR) is 121 cm³/mol. The second-order valence-electron chi connectivity index (χ2n) is 6.51. The molecule has 0 atom stereocenters. The van der Waals surface area contributed by atoms with Gasteiger partial charge in [0.05, 0.1) is 12.7 Å². The van der Waals surface area contributed by atoms with Crippen LogP contribution in [0.4, 0.5) is 10.7 Å². The number of aryl methyl sites for hydroxylation is 2. The Kier molecular flexibility index (Phi) is 6.44. The van der Waals surface area contributed by atoms with E-state index in [1.54, 1.807) is 0 Å². The molecule has 0 amide bonds. The highest BCUT2D eigenvalue weighted by Crippen LogP contribution is 2.31. The molecule has 2 aromatic carbocycles. The van der Waals surface area contributed by atoms with Crippen molar-refractivity contribution in [2.75, 3.05) is 17.7 Å². The lowest BCUT2D eigenvalue weighted by Crippen LogP contribution is -2.20. The molecular formula is C22H22N2O2S2. The number of esters is 1. The van der Waals surface area contributed by atoms with E-state index in [-0.39, 0.29) is 5.97 Å². The van der Waals surface area contributed by atoms with Gasteiger partial charge in [-0.1, -0.05) is 48.0 Å². The number of hydrogen-bond donors (Lipinski definition) is 2. The molecule has 28 heavy (non-hydrogen) atoms. The normalized spacial score (nSPS) is 10.4. The minimum absolute atomic E-state index is 0.382. The molecule has 0 unspecified atom stereocenters. The molecule has 0 fully saturated rings. The van der Waals surface area contributed by atoms with Gasteiger partial charge in [0.2, 0.25) is 0 Å². The highest BCUT2D eigenvalue weighted by atomic mass is 32.1. The summed E-state index contributed by atoms with van der Waals surface area (Å²) in [6.07, 6.45) is 0.744. The van der Waals surface area contributed by atoms with Crippen molar-refractivity contribution in [3.05, 3.63) is 81.7 Å². The van der Waals surface area contributed by atoms with E-state index in [0.29, 0.717) is 15.7 Å². The van der Waals surface area contributed by atoms with Crippen molar-refractivity contribution in [1.82, 2.24) is 0 Å². The number of carbonyl (C=O) groups excluding carboxylic acids is 1. The fourth-order valence-corrected chi connectivity index (χ4v) is 4.25. The molecule has 3 aromatic rings. The van der Waals surface area contributed by atoms with E-state index in [1.807, 2.05) is 43.3 Å². The number of nitrogens with one attached hydrogen (secondary N) is 2. The van der Waals surface area contributed by atoms with Crippen LogP contribution in [-0.4, -0.2) is 18.2 Å². The average Bonchev–Trinajstić information content (AvgIpc) is 3.06. The van der Waals surface area contributed by atoms with Gasteiger partial charge in [0.15, 0.2) is 5.11 Å². The first-order chi connectivity index (χ1) is 13.5. The highest BCUT2D eigenvalue weighted by molar-refractivity contribution is 7.80. The lowest BCUT2D eigenvalue weighted by molar-refractivity contribution is 0.0602. The van der Waals surface area contributed by atoms with Gasteiger partial charge in [0.1, 0.15) is 5.00 Å². The predicted octanol–water partition coefficient (Wildman–Crippen LogP) is 5.55. The Labute approximate surface area is 174 Å². The Hall–Kier alpha value is -2.70. The number of benzene rings is 2. The molecule has 6 heteroatoms. The molecule has 0 saturated heterocycles. The molecule has 3 rings (SSSR count). The van der Waals surface area contributed by atoms with Crippen LogP contribution in [0.5, 0.6) is 0 Å². The Morgan fingerprint density at radius 3 is 2.50 bits per heavy atom. The number of methoxy groups -OCH3 is 1. The van der Waals surface area contributed by atoms with Crippen LogP contribution in [0.3, 0.4) is 0 Å². The van der Waals surface area contributed by atoms with Gasteiger partial charge in [-0.15, -0.1) is 11.3 Å². The van der Waals surface area contributed by atoms with Crippen LogP contribution < -0.4 is 10.6 Å². The van der Waals surface area contributed by atoms with Crippen LogP contribution in [-0.2, 0) is 11.2 Å². The van der Waals surface area contributed by atoms with Gasteiger partial charge in [-0.25, -0.2) is 4.79 Å². The molecule has 0 aliphatic rings. The van der Waals surface area contributed by atoms with E-state index in [2.05, 4.69) is 35.8 Å². The first-order valence-corrected chi connectivity index (χ1v) is 10.1. The maximum absolute atomic E-state index is 12.2. The van der Waals surface area contributed by atoms with Crippen molar-refractivity contribution in [3.63, 3.8) is 0 Å². The zero-order chi connectivity index (χ0) is 20.1. The molecule has 144 valence electrons. The van der Waals surface area contributed by atoms with Crippen LogP contribution in [0.15, 0.2) is 54.6 Å². The maximum Gasteiger partial charge on any atom is 0.340 e. The van der Waals surface area contributed by atoms with Crippen molar-refractivity contribution in [3.8, 4) is 0 Å². The molecule has 0 aliphatic heterocycles. The molecule has 1 aromatic heterocycles. The smallest absolute Gasteiger partial charge is 0.340 e. The van der Waals surface area contributed by atoms with Crippen molar-refractivity contribution in [2.45, 2.75) is 20.3 Å². The number of ether oxygens (including phenoxy) is 1. The monoisotopic (exact) mass is 410 g/mol. The maximum atomic E-state index is 12.2. The Balaban J connectivity index is 1.79. The first kappa shape index (κ1) is 20.0. The van der Waals surface area contributed by atoms with Gasteiger partial charge in [0, 0.05) is 17.0 Å². The minimum atomic E-state index is -0.382. The average molecular weight is 411 g/mol. The van der Waals surface area contributed by atoms with Crippen molar-refractivity contribution in [1.29, 1.82) is 0 Å². The van der Waals surface area contributed by atoms with Crippen LogP contribution in [0.2, 0.25) is 0 Å². The number of thiophene rings is 1. The summed E-state index contributed by atoms with van der Waals surface area (Å²) in [5.74, 6) is -0.382. The third-order valence-electron chi connectivity index (χ3n) is 4.27. The second-order valence-corrected chi connectivity index (χ2v) is 8.05. The Bertz CT molecular complexity index is 997. The van der Waals surface area contributed by atoms with E-state index in [4.69, 9.17) is 17.0 Å². The van der Waals surface area contributed by atoms with Crippen LogP contribution in [0.25, 0.3) is 0 Å². The van der Waals surface area contributed by atoms with E-state index in [1.165, 1.54) is 29.6 Å². The third kappa shape index (κ3) is 4.97. The molecule has 0 aliphatic carbocycles. The zero-order valence-corrected chi connectivity index (χ0v) is 17.7. The molecule has 4 nitrogen and oxygen atoms in total. The standard InChI is InChI=1S/C22H22N2O2S2/c1-14-9-10-19(15(2)11-14)23-22(27)24-20-18(21(25)26-3)13-17(28-20)12-16-7-5-4-6-8-16/h4-11,13H,12H2,1-3H3,(H2,23,24,27). The van der Waals surface area contributed by atoms with Gasteiger partial charge in [-0.05, 0) is 49.3 Å². The van der Waals surface area contributed by atoms with Crippen LogP contribution in [0.1, 0.15) is 31.9 Å². The number of rotatable bonds is 5. The lowest BCUT2D eigenvalue weighted by atomic mass is 10.1. The Morgan fingerprint density at radius 1 is 1.07 bits per heavy atom. The summed E-state index contributed by atoms with van der Waals surface area (Å²) in [7, 11) is 1.38. The lowest BCUT2D eigenvalue weighted by Gasteiger charge is -2.12. The zero-order valence-electron chi connectivity index (χ0n) is 16.0. The topological polar surface area (TPSA) is 50.4 Å². The number of thiocarbonyl (C=S) groups is 1. The van der Waals surface area contributed by atoms with Crippen LogP contribution >= 0.6 is 23.6 Å². The van der Waals surface area contributed by atoms with E-state index in [0.717, 1.165) is 22.5 Å². The van der Waals surface area contributed by atoms with Crippen molar-refractivity contribution >= 4 is 45.3 Å². The summed E-state index contributed by atoms with van der Waals surface area (Å²) >= 11 is 6.97. The molecule has 0 bridgehead atoms. The molecule has 2 N–H and O–H groups in total. The minimum Gasteiger partial charge on any atom is -0.465 e. The summed E-state index contributed by atoms with van der Waals surface area (Å²) in [5, 5.41) is 7.48. The molecule has 0 radical (unpaired) electrons. The van der Waals surface area contributed by atoms with Gasteiger partial charge in [0.25, 0.3) is 0 Å². The van der Waals surface area contributed by atoms with Crippen molar-refractivity contribution in [2.24, 2.45) is 0 Å². The van der Waals surface area contributed by atoms with E-state index in [9.17, 15) is 4.79 Å². The summed E-state index contributed by atoms with van der Waals surface area (Å²) in [6, 6.07) is 18.1. The molecule has 0 saturated carbocycles. The summed E-state index contributed by atoms with van der Waals surface area (Å²) in [4.78, 5) is 13.3. The van der Waals surface area contributed by atoms with E-state index >= 15 is 0 Å². The summed E-state index contributed by atoms with van der Waals surface area (Å²) in [5.41, 5.74) is 4.90. The molecular weight excluding hydrogens is 388 g/mol. The second kappa shape index (κ2) is 8.99. The first-order valence-electron chi connectivity index (χ1n) is 8.86. The van der Waals surface area contributed by atoms with Crippen LogP contribution in [0, 0.1) is 13.8 Å². The number of hydrogen-bond acceptors (Lipinski definition) is 4. The third-order valence-corrected chi connectivity index (χ3v) is 5.52. The SMILES string of the molecule is COC(=O)c1cc(Cc2ccccc2)sc1NC(=S)Nc1ccc(C)cc1C. The summed E-state index contributed by atoms with van der Waals surface area (Å²) < 4.78 is 4.94. The quantitative estimate of drug-likeness (QED) is 0.426. The fraction of sp³-hybridized carbons (Fsp3) is 0.182. The van der Waals surface area contributed by atoms with E-state index < -0.39 is 0 Å². The van der Waals surface area contributed by atoms with Gasteiger partial charge in [-0.2, -0.15) is 0 Å². The Morgan fingerprint density at radius 2 is 1.82 bits per heavy atom. The fourth-order valence-electron chi connectivity index (χ4n) is 2.89.